The molecule has 1 aromatic carbocycles. The van der Waals surface area contributed by atoms with Crippen molar-refractivity contribution < 1.29 is 24.3 Å². The van der Waals surface area contributed by atoms with Gasteiger partial charge in [0.25, 0.3) is 11.8 Å². The van der Waals surface area contributed by atoms with Gasteiger partial charge in [0.05, 0.1) is 11.1 Å². The van der Waals surface area contributed by atoms with Crippen LogP contribution in [0.5, 0.6) is 0 Å². The Morgan fingerprint density at radius 3 is 1.95 bits per heavy atom. The van der Waals surface area contributed by atoms with Gasteiger partial charge in [-0.15, -0.1) is 0 Å². The number of aliphatic carboxylic acids is 1. The summed E-state index contributed by atoms with van der Waals surface area (Å²) in [5.41, 5.74) is 0.308. The molecule has 1 aliphatic heterocycles. The number of carboxylic acids is 1. The molecule has 0 saturated heterocycles. The van der Waals surface area contributed by atoms with Gasteiger partial charge in [-0.25, -0.2) is 9.80 Å². The number of nitrogens with zero attached hydrogens (tertiary/aromatic N) is 2. The van der Waals surface area contributed by atoms with Crippen LogP contribution in [0.1, 0.15) is 34.6 Å². The SMILES string of the molecule is CC(=O)N([C@@H](C)C(=O)O)N1C(=O)c2ccccc2C1=O. The van der Waals surface area contributed by atoms with Crippen LogP contribution < -0.4 is 0 Å². The Bertz CT molecular complexity index is 590. The van der Waals surface area contributed by atoms with E-state index in [2.05, 4.69) is 0 Å². The Morgan fingerprint density at radius 1 is 1.15 bits per heavy atom. The Balaban J connectivity index is 2.48. The lowest BCUT2D eigenvalue weighted by atomic mass is 10.1. The molecule has 7 nitrogen and oxygen atoms in total. The van der Waals surface area contributed by atoms with E-state index in [-0.39, 0.29) is 11.1 Å². The number of hydrazine groups is 1. The van der Waals surface area contributed by atoms with Crippen molar-refractivity contribution in [1.82, 2.24) is 10.0 Å². The monoisotopic (exact) mass is 276 g/mol. The summed E-state index contributed by atoms with van der Waals surface area (Å²) in [6.07, 6.45) is 0. The minimum Gasteiger partial charge on any atom is -0.480 e. The zero-order valence-corrected chi connectivity index (χ0v) is 10.9. The second kappa shape index (κ2) is 4.76. The summed E-state index contributed by atoms with van der Waals surface area (Å²) >= 11 is 0. The molecule has 1 aliphatic rings. The molecule has 3 amide bonds. The largest absolute Gasteiger partial charge is 0.480 e. The Hall–Kier alpha value is -2.70. The zero-order valence-electron chi connectivity index (χ0n) is 10.9. The van der Waals surface area contributed by atoms with Crippen molar-refractivity contribution >= 4 is 23.7 Å². The first-order valence-corrected chi connectivity index (χ1v) is 5.86. The number of carbonyl (C=O) groups is 4. The van der Waals surface area contributed by atoms with E-state index in [0.29, 0.717) is 10.0 Å². The third-order valence-corrected chi connectivity index (χ3v) is 3.03. The van der Waals surface area contributed by atoms with E-state index in [9.17, 15) is 19.2 Å². The Morgan fingerprint density at radius 2 is 1.60 bits per heavy atom. The van der Waals surface area contributed by atoms with Crippen LogP contribution in [0, 0.1) is 0 Å². The van der Waals surface area contributed by atoms with Gasteiger partial charge in [0.2, 0.25) is 5.91 Å². The number of benzene rings is 1. The standard InChI is InChI=1S/C13H12N2O5/c1-7(13(19)20)14(8(2)16)15-11(17)9-5-3-4-6-10(9)12(15)18/h3-7H,1-2H3,(H,19,20)/t7-/m0/s1. The zero-order chi connectivity index (χ0) is 15.0. The van der Waals surface area contributed by atoms with Gasteiger partial charge in [-0.1, -0.05) is 12.1 Å². The van der Waals surface area contributed by atoms with Crippen molar-refractivity contribution in [1.29, 1.82) is 0 Å². The van der Waals surface area contributed by atoms with Crippen LogP contribution in [0.25, 0.3) is 0 Å². The summed E-state index contributed by atoms with van der Waals surface area (Å²) in [6.45, 7) is 2.33. The topological polar surface area (TPSA) is 95.0 Å². The van der Waals surface area contributed by atoms with Crippen molar-refractivity contribution in [2.75, 3.05) is 0 Å². The second-order valence-electron chi connectivity index (χ2n) is 4.35. The molecule has 0 spiro atoms. The molecule has 0 fully saturated rings. The number of carbonyl (C=O) groups excluding carboxylic acids is 3. The van der Waals surface area contributed by atoms with E-state index in [4.69, 9.17) is 5.11 Å². The molecule has 0 aromatic heterocycles. The van der Waals surface area contributed by atoms with E-state index in [1.54, 1.807) is 12.1 Å². The van der Waals surface area contributed by atoms with Gasteiger partial charge in [0.1, 0.15) is 6.04 Å². The van der Waals surface area contributed by atoms with Gasteiger partial charge in [0, 0.05) is 6.92 Å². The lowest BCUT2D eigenvalue weighted by molar-refractivity contribution is -0.157. The maximum atomic E-state index is 12.2. The van der Waals surface area contributed by atoms with Gasteiger partial charge in [0.15, 0.2) is 0 Å². The highest BCUT2D eigenvalue weighted by Gasteiger charge is 2.43. The molecule has 7 heteroatoms. The van der Waals surface area contributed by atoms with Crippen LogP contribution in [-0.4, -0.2) is 44.9 Å². The van der Waals surface area contributed by atoms with E-state index in [1.807, 2.05) is 0 Å². The summed E-state index contributed by atoms with van der Waals surface area (Å²) in [4.78, 5) is 47.1. The first-order valence-electron chi connectivity index (χ1n) is 5.86. The van der Waals surface area contributed by atoms with Crippen molar-refractivity contribution in [2.45, 2.75) is 19.9 Å². The number of amides is 3. The molecule has 0 aliphatic carbocycles. The molecule has 1 aromatic rings. The van der Waals surface area contributed by atoms with Gasteiger partial charge in [-0.2, -0.15) is 5.01 Å². The highest BCUT2D eigenvalue weighted by atomic mass is 16.4. The van der Waals surface area contributed by atoms with Gasteiger partial charge in [-0.05, 0) is 19.1 Å². The number of hydrogen-bond donors (Lipinski definition) is 1. The molecule has 0 unspecified atom stereocenters. The van der Waals surface area contributed by atoms with E-state index in [1.165, 1.54) is 19.1 Å². The minimum absolute atomic E-state index is 0.154. The first kappa shape index (κ1) is 13.7. The molecule has 0 saturated carbocycles. The van der Waals surface area contributed by atoms with E-state index >= 15 is 0 Å². The predicted molar refractivity (Wildman–Crippen MR) is 66.6 cm³/mol. The number of fused-ring (bicyclic) bond motifs is 1. The molecule has 0 radical (unpaired) electrons. The fourth-order valence-electron chi connectivity index (χ4n) is 2.06. The van der Waals surface area contributed by atoms with Crippen LogP contribution in [0.4, 0.5) is 0 Å². The van der Waals surface area contributed by atoms with E-state index in [0.717, 1.165) is 6.92 Å². The smallest absolute Gasteiger partial charge is 0.328 e. The lowest BCUT2D eigenvalue weighted by Crippen LogP contribution is -2.55. The molecule has 1 N–H and O–H groups in total. The summed E-state index contributed by atoms with van der Waals surface area (Å²) < 4.78 is 0. The maximum Gasteiger partial charge on any atom is 0.328 e. The molecular formula is C13H12N2O5. The highest BCUT2D eigenvalue weighted by molar-refractivity contribution is 6.21. The van der Waals surface area contributed by atoms with Crippen molar-refractivity contribution in [2.24, 2.45) is 0 Å². The maximum absolute atomic E-state index is 12.2. The van der Waals surface area contributed by atoms with Gasteiger partial charge < -0.3 is 5.11 Å². The fourth-order valence-corrected chi connectivity index (χ4v) is 2.06. The third kappa shape index (κ3) is 1.93. The average Bonchev–Trinajstić information content (AvgIpc) is 2.64. The quantitative estimate of drug-likeness (QED) is 0.812. The number of rotatable bonds is 3. The van der Waals surface area contributed by atoms with Crippen molar-refractivity contribution in [3.8, 4) is 0 Å². The molecule has 1 atom stereocenters. The number of imide groups is 1. The van der Waals surface area contributed by atoms with Crippen LogP contribution in [0.15, 0.2) is 24.3 Å². The molecule has 20 heavy (non-hydrogen) atoms. The number of hydrogen-bond acceptors (Lipinski definition) is 4. The number of carboxylic acid groups (broad SMARTS) is 1. The fraction of sp³-hybridized carbons (Fsp3) is 0.231. The highest BCUT2D eigenvalue weighted by Crippen LogP contribution is 2.25. The normalized spacial score (nSPS) is 15.0. The van der Waals surface area contributed by atoms with Gasteiger partial charge in [-0.3, -0.25) is 14.4 Å². The molecule has 104 valence electrons. The van der Waals surface area contributed by atoms with E-state index < -0.39 is 29.7 Å². The van der Waals surface area contributed by atoms with Crippen molar-refractivity contribution in [3.63, 3.8) is 0 Å². The molecule has 1 heterocycles. The van der Waals surface area contributed by atoms with Crippen LogP contribution in [0.2, 0.25) is 0 Å². The minimum atomic E-state index is -1.32. The average molecular weight is 276 g/mol. The summed E-state index contributed by atoms with van der Waals surface area (Å²) in [5, 5.41) is 10.3. The van der Waals surface area contributed by atoms with Crippen LogP contribution >= 0.6 is 0 Å². The predicted octanol–water partition coefficient (Wildman–Crippen LogP) is 0.519. The lowest BCUT2D eigenvalue weighted by Gasteiger charge is -2.31. The van der Waals surface area contributed by atoms with Gasteiger partial charge >= 0.3 is 5.97 Å². The van der Waals surface area contributed by atoms with Crippen LogP contribution in [0.3, 0.4) is 0 Å². The molecular weight excluding hydrogens is 264 g/mol. The molecule has 2 rings (SSSR count). The first-order chi connectivity index (χ1) is 9.36. The van der Waals surface area contributed by atoms with Crippen molar-refractivity contribution in [3.05, 3.63) is 35.4 Å². The summed E-state index contributed by atoms with van der Waals surface area (Å²) in [6, 6.07) is 4.77. The Labute approximate surface area is 114 Å². The molecule has 0 bridgehead atoms. The Kier molecular flexibility index (Phi) is 3.27. The second-order valence-corrected chi connectivity index (χ2v) is 4.35. The van der Waals surface area contributed by atoms with Crippen LogP contribution in [-0.2, 0) is 9.59 Å². The summed E-state index contributed by atoms with van der Waals surface area (Å²) in [5.74, 6) is -3.41. The third-order valence-electron chi connectivity index (χ3n) is 3.03. The summed E-state index contributed by atoms with van der Waals surface area (Å²) in [7, 11) is 0.